The van der Waals surface area contributed by atoms with Crippen LogP contribution >= 0.6 is 0 Å². The van der Waals surface area contributed by atoms with Crippen LogP contribution in [0.2, 0.25) is 0 Å². The van der Waals surface area contributed by atoms with Crippen molar-refractivity contribution in [2.24, 2.45) is 5.92 Å². The summed E-state index contributed by atoms with van der Waals surface area (Å²) in [5.74, 6) is 0.970. The normalized spacial score (nSPS) is 19.0. The number of rotatable bonds is 9. The molecule has 1 aromatic rings. The lowest BCUT2D eigenvalue weighted by Crippen LogP contribution is -2.32. The highest BCUT2D eigenvalue weighted by atomic mass is 15.1. The second kappa shape index (κ2) is 7.42. The van der Waals surface area contributed by atoms with E-state index >= 15 is 0 Å². The molecule has 0 heterocycles. The predicted molar refractivity (Wildman–Crippen MR) is 89.5 cm³/mol. The summed E-state index contributed by atoms with van der Waals surface area (Å²) in [6.07, 6.45) is 8.27. The van der Waals surface area contributed by atoms with Gasteiger partial charge in [-0.05, 0) is 62.2 Å². The molecular formula is C19H30N2. The van der Waals surface area contributed by atoms with Crippen molar-refractivity contribution < 1.29 is 0 Å². The van der Waals surface area contributed by atoms with Crippen molar-refractivity contribution in [1.29, 1.82) is 0 Å². The molecule has 0 saturated heterocycles. The van der Waals surface area contributed by atoms with Crippen LogP contribution < -0.4 is 5.32 Å². The van der Waals surface area contributed by atoms with Crippen LogP contribution in [0.15, 0.2) is 24.3 Å². The quantitative estimate of drug-likeness (QED) is 0.746. The number of benzene rings is 1. The van der Waals surface area contributed by atoms with Crippen LogP contribution in [0.5, 0.6) is 0 Å². The third kappa shape index (κ3) is 4.82. The molecule has 0 amide bonds. The Morgan fingerprint density at radius 2 is 1.76 bits per heavy atom. The Morgan fingerprint density at radius 3 is 2.33 bits per heavy atom. The maximum atomic E-state index is 3.59. The zero-order valence-corrected chi connectivity index (χ0v) is 13.5. The van der Waals surface area contributed by atoms with Gasteiger partial charge >= 0.3 is 0 Å². The first-order chi connectivity index (χ1) is 10.3. The molecule has 0 bridgehead atoms. The van der Waals surface area contributed by atoms with Gasteiger partial charge in [-0.15, -0.1) is 0 Å². The van der Waals surface area contributed by atoms with Crippen LogP contribution in [0.1, 0.15) is 50.2 Å². The van der Waals surface area contributed by atoms with Crippen LogP contribution in [0.4, 0.5) is 0 Å². The van der Waals surface area contributed by atoms with Gasteiger partial charge in [-0.1, -0.05) is 37.6 Å². The lowest BCUT2D eigenvalue weighted by atomic mass is 9.85. The lowest BCUT2D eigenvalue weighted by molar-refractivity contribution is 0.178. The van der Waals surface area contributed by atoms with Crippen molar-refractivity contribution in [2.75, 3.05) is 19.6 Å². The van der Waals surface area contributed by atoms with Crippen molar-refractivity contribution in [3.8, 4) is 0 Å². The van der Waals surface area contributed by atoms with E-state index in [4.69, 9.17) is 0 Å². The average Bonchev–Trinajstić information content (AvgIpc) is 3.27. The monoisotopic (exact) mass is 286 g/mol. The average molecular weight is 286 g/mol. The molecule has 2 fully saturated rings. The molecule has 21 heavy (non-hydrogen) atoms. The van der Waals surface area contributed by atoms with Gasteiger partial charge in [0.05, 0.1) is 0 Å². The molecule has 2 aliphatic rings. The van der Waals surface area contributed by atoms with E-state index in [-0.39, 0.29) is 0 Å². The summed E-state index contributed by atoms with van der Waals surface area (Å²) in [5.41, 5.74) is 2.93. The summed E-state index contributed by atoms with van der Waals surface area (Å²) < 4.78 is 0. The molecule has 0 unspecified atom stereocenters. The van der Waals surface area contributed by atoms with Gasteiger partial charge in [-0.25, -0.2) is 0 Å². The summed E-state index contributed by atoms with van der Waals surface area (Å²) in [7, 11) is 0. The Labute approximate surface area is 129 Å². The molecule has 2 saturated carbocycles. The van der Waals surface area contributed by atoms with Crippen LogP contribution in [-0.4, -0.2) is 30.6 Å². The predicted octanol–water partition coefficient (Wildman–Crippen LogP) is 3.60. The number of hydrogen-bond acceptors (Lipinski definition) is 2. The largest absolute Gasteiger partial charge is 0.314 e. The summed E-state index contributed by atoms with van der Waals surface area (Å²) in [4.78, 5) is 2.60. The van der Waals surface area contributed by atoms with Gasteiger partial charge in [0.2, 0.25) is 0 Å². The zero-order valence-electron chi connectivity index (χ0n) is 13.5. The second-order valence-corrected chi connectivity index (χ2v) is 6.92. The zero-order chi connectivity index (χ0) is 14.5. The summed E-state index contributed by atoms with van der Waals surface area (Å²) in [5, 5.41) is 3.59. The minimum Gasteiger partial charge on any atom is -0.314 e. The fraction of sp³-hybridized carbons (Fsp3) is 0.684. The molecule has 0 aromatic heterocycles. The van der Waals surface area contributed by atoms with E-state index in [0.29, 0.717) is 0 Å². The Bertz CT molecular complexity index is 418. The first-order valence-corrected chi connectivity index (χ1v) is 8.87. The van der Waals surface area contributed by atoms with Crippen molar-refractivity contribution in [2.45, 2.75) is 58.0 Å². The van der Waals surface area contributed by atoms with E-state index in [2.05, 4.69) is 41.4 Å². The van der Waals surface area contributed by atoms with E-state index in [1.54, 1.807) is 0 Å². The van der Waals surface area contributed by atoms with E-state index in [1.807, 2.05) is 0 Å². The Hall–Kier alpha value is -0.860. The molecule has 0 atom stereocenters. The molecule has 1 aromatic carbocycles. The third-order valence-corrected chi connectivity index (χ3v) is 5.04. The molecule has 2 aliphatic carbocycles. The smallest absolute Gasteiger partial charge is 0.0233 e. The summed E-state index contributed by atoms with van der Waals surface area (Å²) in [6, 6.07) is 10.1. The van der Waals surface area contributed by atoms with Gasteiger partial charge in [0.25, 0.3) is 0 Å². The highest BCUT2D eigenvalue weighted by Gasteiger charge is 2.20. The number of nitrogens with one attached hydrogen (secondary N) is 1. The molecule has 0 radical (unpaired) electrons. The first-order valence-electron chi connectivity index (χ1n) is 8.87. The topological polar surface area (TPSA) is 15.3 Å². The number of hydrogen-bond donors (Lipinski definition) is 1. The highest BCUT2D eigenvalue weighted by Crippen LogP contribution is 2.27. The Balaban J connectivity index is 1.43. The van der Waals surface area contributed by atoms with E-state index in [1.165, 1.54) is 56.3 Å². The van der Waals surface area contributed by atoms with Gasteiger partial charge in [0.15, 0.2) is 0 Å². The van der Waals surface area contributed by atoms with Crippen molar-refractivity contribution in [3.05, 3.63) is 35.4 Å². The first kappa shape index (κ1) is 15.1. The van der Waals surface area contributed by atoms with Crippen LogP contribution in [0, 0.1) is 5.92 Å². The van der Waals surface area contributed by atoms with Gasteiger partial charge in [-0.3, -0.25) is 4.90 Å². The van der Waals surface area contributed by atoms with Crippen LogP contribution in [0.25, 0.3) is 0 Å². The fourth-order valence-electron chi connectivity index (χ4n) is 3.12. The minimum atomic E-state index is 0.828. The maximum absolute atomic E-state index is 3.59. The van der Waals surface area contributed by atoms with Crippen LogP contribution in [0.3, 0.4) is 0 Å². The molecule has 0 aliphatic heterocycles. The third-order valence-electron chi connectivity index (χ3n) is 5.04. The molecular weight excluding hydrogens is 256 g/mol. The van der Waals surface area contributed by atoms with Crippen molar-refractivity contribution in [1.82, 2.24) is 10.2 Å². The van der Waals surface area contributed by atoms with E-state index in [0.717, 1.165) is 31.5 Å². The standard InChI is InChI=1S/C19H30N2/c1-2-21(14-17-4-3-5-17)15-18-8-6-16(7-9-18)12-13-20-19-10-11-19/h6-9,17,19-20H,2-5,10-15H2,1H3. The van der Waals surface area contributed by atoms with Crippen LogP contribution in [-0.2, 0) is 13.0 Å². The minimum absolute atomic E-state index is 0.828. The SMILES string of the molecule is CCN(Cc1ccc(CCNC2CC2)cc1)CC1CCC1. The second-order valence-electron chi connectivity index (χ2n) is 6.92. The number of nitrogens with zero attached hydrogens (tertiary/aromatic N) is 1. The molecule has 2 heteroatoms. The van der Waals surface area contributed by atoms with Gasteiger partial charge < -0.3 is 5.32 Å². The van der Waals surface area contributed by atoms with Gasteiger partial charge in [-0.2, -0.15) is 0 Å². The lowest BCUT2D eigenvalue weighted by Gasteiger charge is -2.31. The van der Waals surface area contributed by atoms with Gasteiger partial charge in [0, 0.05) is 19.1 Å². The fourth-order valence-corrected chi connectivity index (χ4v) is 3.12. The van der Waals surface area contributed by atoms with Gasteiger partial charge in [0.1, 0.15) is 0 Å². The summed E-state index contributed by atoms with van der Waals surface area (Å²) >= 11 is 0. The Morgan fingerprint density at radius 1 is 1.05 bits per heavy atom. The maximum Gasteiger partial charge on any atom is 0.0233 e. The molecule has 1 N–H and O–H groups in total. The highest BCUT2D eigenvalue weighted by molar-refractivity contribution is 5.22. The molecule has 0 spiro atoms. The molecule has 3 rings (SSSR count). The summed E-state index contributed by atoms with van der Waals surface area (Å²) in [6.45, 7) is 7.00. The van der Waals surface area contributed by atoms with Crippen molar-refractivity contribution in [3.63, 3.8) is 0 Å². The molecule has 116 valence electrons. The van der Waals surface area contributed by atoms with E-state index < -0.39 is 0 Å². The molecule has 2 nitrogen and oxygen atoms in total. The van der Waals surface area contributed by atoms with Crippen molar-refractivity contribution >= 4 is 0 Å². The van der Waals surface area contributed by atoms with E-state index in [9.17, 15) is 0 Å². The Kier molecular flexibility index (Phi) is 5.32.